The number of ether oxygens (including phenoxy) is 1. The summed E-state index contributed by atoms with van der Waals surface area (Å²) in [5, 5.41) is 1.02. The fraction of sp³-hybridized carbons (Fsp3) is 0.391. The van der Waals surface area contributed by atoms with Gasteiger partial charge in [-0.25, -0.2) is 9.78 Å². The van der Waals surface area contributed by atoms with Crippen LogP contribution in [0.3, 0.4) is 0 Å². The Morgan fingerprint density at radius 2 is 1.94 bits per heavy atom. The molecule has 1 fully saturated rings. The molecule has 0 unspecified atom stereocenters. The molecular formula is C23H29N5O2S. The van der Waals surface area contributed by atoms with Gasteiger partial charge in [-0.3, -0.25) is 4.90 Å². The van der Waals surface area contributed by atoms with E-state index in [1.807, 2.05) is 60.5 Å². The van der Waals surface area contributed by atoms with Crippen LogP contribution >= 0.6 is 11.8 Å². The Bertz CT molecular complexity index is 947. The lowest BCUT2D eigenvalue weighted by Crippen LogP contribution is -2.49. The van der Waals surface area contributed by atoms with Gasteiger partial charge in [0.05, 0.1) is 0 Å². The molecule has 31 heavy (non-hydrogen) atoms. The molecule has 0 radical (unpaired) electrons. The largest absolute Gasteiger partial charge is 0.415 e. The summed E-state index contributed by atoms with van der Waals surface area (Å²) in [6.45, 7) is 4.16. The van der Waals surface area contributed by atoms with Gasteiger partial charge in [-0.2, -0.15) is 0 Å². The molecule has 1 N–H and O–H groups in total. The topological polar surface area (TPSA) is 66.4 Å². The van der Waals surface area contributed by atoms with E-state index in [9.17, 15) is 4.79 Å². The maximum Gasteiger partial charge on any atom is 0.415 e. The molecule has 1 saturated heterocycles. The van der Waals surface area contributed by atoms with E-state index in [2.05, 4.69) is 20.9 Å². The lowest BCUT2D eigenvalue weighted by molar-refractivity contribution is 0.111. The van der Waals surface area contributed by atoms with Crippen LogP contribution in [0.5, 0.6) is 5.75 Å². The number of rotatable bonds is 8. The van der Waals surface area contributed by atoms with Crippen molar-refractivity contribution >= 4 is 17.9 Å². The van der Waals surface area contributed by atoms with Crippen LogP contribution in [0.15, 0.2) is 60.1 Å². The molecule has 0 bridgehead atoms. The second-order valence-electron chi connectivity index (χ2n) is 7.71. The van der Waals surface area contributed by atoms with Gasteiger partial charge in [0.2, 0.25) is 0 Å². The van der Waals surface area contributed by atoms with Crippen molar-refractivity contribution in [3.63, 3.8) is 0 Å². The lowest BCUT2D eigenvalue weighted by atomic mass is 10.2. The van der Waals surface area contributed by atoms with Crippen LogP contribution in [0.2, 0.25) is 0 Å². The van der Waals surface area contributed by atoms with Crippen LogP contribution < -0.4 is 4.74 Å². The van der Waals surface area contributed by atoms with Crippen molar-refractivity contribution in [2.45, 2.75) is 18.0 Å². The number of aryl methyl sites for hydroxylation is 2. The number of imidazole rings is 1. The van der Waals surface area contributed by atoms with Crippen molar-refractivity contribution in [3.8, 4) is 5.75 Å². The highest BCUT2D eigenvalue weighted by Crippen LogP contribution is 2.19. The smallest absolute Gasteiger partial charge is 0.410 e. The average Bonchev–Trinajstić information content (AvgIpc) is 3.46. The van der Waals surface area contributed by atoms with E-state index in [1.165, 1.54) is 11.3 Å². The van der Waals surface area contributed by atoms with Gasteiger partial charge in [-0.05, 0) is 36.2 Å². The Labute approximate surface area is 187 Å². The first-order chi connectivity index (χ1) is 15.2. The van der Waals surface area contributed by atoms with Crippen molar-refractivity contribution in [2.24, 2.45) is 7.05 Å². The third-order valence-electron chi connectivity index (χ3n) is 5.52. The maximum absolute atomic E-state index is 12.5. The van der Waals surface area contributed by atoms with Crippen molar-refractivity contribution in [1.82, 2.24) is 24.3 Å². The second kappa shape index (κ2) is 10.5. The minimum atomic E-state index is -0.262. The molecule has 2 aromatic heterocycles. The van der Waals surface area contributed by atoms with Gasteiger partial charge < -0.3 is 19.2 Å². The SMILES string of the molecule is Cn1ccnc1SCCc1ccc(OC(=O)N2CCN(CCc3ccc[nH]3)CC2)cc1. The molecule has 1 aromatic carbocycles. The molecule has 4 rings (SSSR count). The average molecular weight is 440 g/mol. The molecule has 1 amide bonds. The standard InChI is InChI=1S/C23H29N5O2S/c1-26-13-11-25-22(26)31-18-9-19-4-6-21(7-5-19)30-23(29)28-16-14-27(15-17-28)12-8-20-3-2-10-24-20/h2-7,10-11,13,24H,8-9,12,14-18H2,1H3. The molecule has 0 atom stereocenters. The van der Waals surface area contributed by atoms with Crippen molar-refractivity contribution < 1.29 is 9.53 Å². The number of carbonyl (C=O) groups is 1. The van der Waals surface area contributed by atoms with E-state index < -0.39 is 0 Å². The molecule has 8 heteroatoms. The summed E-state index contributed by atoms with van der Waals surface area (Å²) in [5.74, 6) is 1.55. The minimum absolute atomic E-state index is 0.262. The Morgan fingerprint density at radius 1 is 1.13 bits per heavy atom. The molecule has 1 aliphatic rings. The van der Waals surface area contributed by atoms with Crippen molar-refractivity contribution in [2.75, 3.05) is 38.5 Å². The normalized spacial score (nSPS) is 14.7. The number of hydrogen-bond acceptors (Lipinski definition) is 5. The molecule has 0 aliphatic carbocycles. The van der Waals surface area contributed by atoms with Gasteiger partial charge in [0.15, 0.2) is 5.16 Å². The summed E-state index contributed by atoms with van der Waals surface area (Å²) in [6.07, 6.45) is 7.41. The number of carbonyl (C=O) groups excluding carboxylic acids is 1. The summed E-state index contributed by atoms with van der Waals surface area (Å²) in [7, 11) is 2.00. The summed E-state index contributed by atoms with van der Waals surface area (Å²) in [4.78, 5) is 24.3. The molecule has 0 saturated carbocycles. The third kappa shape index (κ3) is 6.15. The zero-order valence-electron chi connectivity index (χ0n) is 17.9. The maximum atomic E-state index is 12.5. The molecule has 1 aliphatic heterocycles. The molecule has 3 heterocycles. The first kappa shape index (κ1) is 21.5. The van der Waals surface area contributed by atoms with Crippen molar-refractivity contribution in [3.05, 3.63) is 66.2 Å². The Balaban J connectivity index is 1.17. The highest BCUT2D eigenvalue weighted by atomic mass is 32.2. The van der Waals surface area contributed by atoms with Gasteiger partial charge in [0.1, 0.15) is 5.75 Å². The van der Waals surface area contributed by atoms with Gasteiger partial charge in [0, 0.05) is 76.2 Å². The summed E-state index contributed by atoms with van der Waals surface area (Å²) in [5.41, 5.74) is 2.47. The van der Waals surface area contributed by atoms with E-state index in [4.69, 9.17) is 4.74 Å². The fourth-order valence-electron chi connectivity index (χ4n) is 3.60. The monoisotopic (exact) mass is 439 g/mol. The first-order valence-electron chi connectivity index (χ1n) is 10.7. The van der Waals surface area contributed by atoms with E-state index in [0.717, 1.165) is 43.4 Å². The summed E-state index contributed by atoms with van der Waals surface area (Å²) >= 11 is 1.74. The zero-order chi connectivity index (χ0) is 21.5. The number of H-pyrrole nitrogens is 1. The predicted octanol–water partition coefficient (Wildman–Crippen LogP) is 3.44. The van der Waals surface area contributed by atoms with E-state index in [-0.39, 0.29) is 6.09 Å². The quantitative estimate of drug-likeness (QED) is 0.545. The number of amides is 1. The number of hydrogen-bond donors (Lipinski definition) is 1. The van der Waals surface area contributed by atoms with Crippen LogP contribution in [0, 0.1) is 0 Å². The molecule has 0 spiro atoms. The lowest BCUT2D eigenvalue weighted by Gasteiger charge is -2.33. The zero-order valence-corrected chi connectivity index (χ0v) is 18.7. The highest BCUT2D eigenvalue weighted by Gasteiger charge is 2.22. The number of thioether (sulfide) groups is 1. The number of benzene rings is 1. The number of aromatic amines is 1. The fourth-order valence-corrected chi connectivity index (χ4v) is 4.52. The summed E-state index contributed by atoms with van der Waals surface area (Å²) < 4.78 is 7.61. The molecule has 3 aromatic rings. The van der Waals surface area contributed by atoms with E-state index in [0.29, 0.717) is 18.8 Å². The van der Waals surface area contributed by atoms with Gasteiger partial charge in [-0.15, -0.1) is 0 Å². The van der Waals surface area contributed by atoms with Crippen LogP contribution in [-0.2, 0) is 19.9 Å². The molecular weight excluding hydrogens is 410 g/mol. The second-order valence-corrected chi connectivity index (χ2v) is 8.77. The Hall–Kier alpha value is -2.71. The minimum Gasteiger partial charge on any atom is -0.410 e. The van der Waals surface area contributed by atoms with E-state index >= 15 is 0 Å². The number of nitrogens with zero attached hydrogens (tertiary/aromatic N) is 4. The third-order valence-corrected chi connectivity index (χ3v) is 6.58. The van der Waals surface area contributed by atoms with Gasteiger partial charge in [0.25, 0.3) is 0 Å². The van der Waals surface area contributed by atoms with E-state index in [1.54, 1.807) is 16.7 Å². The Morgan fingerprint density at radius 3 is 2.61 bits per heavy atom. The molecule has 164 valence electrons. The van der Waals surface area contributed by atoms with Crippen LogP contribution in [-0.4, -0.2) is 68.9 Å². The van der Waals surface area contributed by atoms with Crippen LogP contribution in [0.1, 0.15) is 11.3 Å². The predicted molar refractivity (Wildman–Crippen MR) is 123 cm³/mol. The van der Waals surface area contributed by atoms with Crippen LogP contribution in [0.25, 0.3) is 0 Å². The number of aromatic nitrogens is 3. The highest BCUT2D eigenvalue weighted by molar-refractivity contribution is 7.99. The number of piperazine rings is 1. The summed E-state index contributed by atoms with van der Waals surface area (Å²) in [6, 6.07) is 12.0. The van der Waals surface area contributed by atoms with Gasteiger partial charge >= 0.3 is 6.09 Å². The van der Waals surface area contributed by atoms with Crippen molar-refractivity contribution in [1.29, 1.82) is 0 Å². The Kier molecular flexibility index (Phi) is 7.32. The van der Waals surface area contributed by atoms with Crippen LogP contribution in [0.4, 0.5) is 4.79 Å². The first-order valence-corrected chi connectivity index (χ1v) is 11.7. The van der Waals surface area contributed by atoms with Gasteiger partial charge in [-0.1, -0.05) is 23.9 Å². The molecule has 7 nitrogen and oxygen atoms in total. The number of nitrogens with one attached hydrogen (secondary N) is 1.